The van der Waals surface area contributed by atoms with Crippen molar-refractivity contribution in [3.63, 3.8) is 0 Å². The second-order valence-corrected chi connectivity index (χ2v) is 6.90. The third-order valence-electron chi connectivity index (χ3n) is 3.55. The van der Waals surface area contributed by atoms with Gasteiger partial charge >= 0.3 is 0 Å². The highest BCUT2D eigenvalue weighted by molar-refractivity contribution is 7.85. The lowest BCUT2D eigenvalue weighted by Gasteiger charge is -2.33. The first-order valence-electron chi connectivity index (χ1n) is 6.82. The van der Waals surface area contributed by atoms with E-state index in [1.165, 1.54) is 32.1 Å². The molecule has 0 aromatic rings. The lowest BCUT2D eigenvalue weighted by Crippen LogP contribution is -2.48. The minimum absolute atomic E-state index is 0.401. The lowest BCUT2D eigenvalue weighted by molar-refractivity contribution is 0.340. The fourth-order valence-electron chi connectivity index (χ4n) is 2.70. The highest BCUT2D eigenvalue weighted by atomic mass is 32.2. The smallest absolute Gasteiger partial charge is 0.0501 e. The Hall–Kier alpha value is 0.110. The van der Waals surface area contributed by atoms with Gasteiger partial charge in [0.15, 0.2) is 0 Å². The molecule has 0 aromatic heterocycles. The average molecular weight is 245 g/mol. The summed E-state index contributed by atoms with van der Waals surface area (Å²) in [6, 6.07) is 1.07. The van der Waals surface area contributed by atoms with Gasteiger partial charge in [0.05, 0.1) is 5.25 Å². The second kappa shape index (κ2) is 7.44. The number of nitrogens with one attached hydrogen (secondary N) is 1. The molecule has 3 heteroatoms. The Morgan fingerprint density at radius 1 is 1.31 bits per heavy atom. The molecule has 1 saturated carbocycles. The minimum Gasteiger partial charge on any atom is -0.310 e. The number of hydrogen-bond donors (Lipinski definition) is 1. The first kappa shape index (κ1) is 14.2. The summed E-state index contributed by atoms with van der Waals surface area (Å²) < 4.78 is 12.0. The molecule has 0 amide bonds. The second-order valence-electron chi connectivity index (χ2n) is 4.96. The monoisotopic (exact) mass is 245 g/mol. The van der Waals surface area contributed by atoms with Crippen LogP contribution < -0.4 is 5.32 Å². The van der Waals surface area contributed by atoms with E-state index in [-0.39, 0.29) is 0 Å². The lowest BCUT2D eigenvalue weighted by atomic mass is 9.94. The molecule has 1 N–H and O–H groups in total. The third-order valence-corrected chi connectivity index (χ3v) is 5.35. The molecule has 1 aliphatic rings. The van der Waals surface area contributed by atoms with Crippen molar-refractivity contribution in [1.29, 1.82) is 0 Å². The van der Waals surface area contributed by atoms with Crippen molar-refractivity contribution in [1.82, 2.24) is 5.32 Å². The zero-order valence-electron chi connectivity index (χ0n) is 11.0. The number of hydrogen-bond acceptors (Lipinski definition) is 2. The van der Waals surface area contributed by atoms with Gasteiger partial charge in [0.25, 0.3) is 0 Å². The number of rotatable bonds is 6. The molecule has 1 aliphatic carbocycles. The summed E-state index contributed by atoms with van der Waals surface area (Å²) in [5, 5.41) is 4.09. The maximum atomic E-state index is 12.0. The van der Waals surface area contributed by atoms with Crippen LogP contribution in [0.2, 0.25) is 0 Å². The van der Waals surface area contributed by atoms with Crippen molar-refractivity contribution in [3.05, 3.63) is 0 Å². The van der Waals surface area contributed by atoms with E-state index in [0.29, 0.717) is 17.3 Å². The topological polar surface area (TPSA) is 29.1 Å². The normalized spacial score (nSPS) is 29.9. The van der Waals surface area contributed by atoms with E-state index in [1.54, 1.807) is 0 Å². The van der Waals surface area contributed by atoms with Crippen LogP contribution in [-0.2, 0) is 10.8 Å². The van der Waals surface area contributed by atoms with Crippen LogP contribution in [0.4, 0.5) is 0 Å². The van der Waals surface area contributed by atoms with Crippen molar-refractivity contribution in [2.24, 2.45) is 0 Å². The standard InChI is InChI=1S/C13H27NOS/c1-4-8-11(3)14-12-9-6-7-10-13(12)16(15)5-2/h11-14H,4-10H2,1-3H3. The van der Waals surface area contributed by atoms with E-state index in [0.717, 1.165) is 12.2 Å². The van der Waals surface area contributed by atoms with Gasteiger partial charge in [-0.1, -0.05) is 33.1 Å². The highest BCUT2D eigenvalue weighted by Crippen LogP contribution is 2.23. The molecule has 0 spiro atoms. The molecule has 1 rings (SSSR count). The summed E-state index contributed by atoms with van der Waals surface area (Å²) in [4.78, 5) is 0. The molecule has 4 atom stereocenters. The summed E-state index contributed by atoms with van der Waals surface area (Å²) in [5.74, 6) is 0.811. The first-order valence-corrected chi connectivity index (χ1v) is 8.20. The Labute approximate surface area is 103 Å². The van der Waals surface area contributed by atoms with Crippen LogP contribution in [-0.4, -0.2) is 27.3 Å². The van der Waals surface area contributed by atoms with E-state index < -0.39 is 10.8 Å². The Balaban J connectivity index is 2.49. The van der Waals surface area contributed by atoms with Crippen LogP contribution in [0.15, 0.2) is 0 Å². The summed E-state index contributed by atoms with van der Waals surface area (Å²) in [7, 11) is -0.626. The molecular weight excluding hydrogens is 218 g/mol. The van der Waals surface area contributed by atoms with Gasteiger partial charge in [-0.05, 0) is 26.2 Å². The van der Waals surface area contributed by atoms with Gasteiger partial charge in [-0.3, -0.25) is 4.21 Å². The molecule has 1 fully saturated rings. The summed E-state index contributed by atoms with van der Waals surface area (Å²) in [6.07, 6.45) is 7.37. The molecule has 16 heavy (non-hydrogen) atoms. The van der Waals surface area contributed by atoms with E-state index in [4.69, 9.17) is 0 Å². The van der Waals surface area contributed by atoms with E-state index in [9.17, 15) is 4.21 Å². The molecule has 0 aromatic carbocycles. The molecule has 0 radical (unpaired) electrons. The first-order chi connectivity index (χ1) is 7.69. The van der Waals surface area contributed by atoms with Crippen LogP contribution >= 0.6 is 0 Å². The van der Waals surface area contributed by atoms with Gasteiger partial charge in [0.1, 0.15) is 0 Å². The van der Waals surface area contributed by atoms with Gasteiger partial charge in [-0.15, -0.1) is 0 Å². The predicted octanol–water partition coefficient (Wildman–Crippen LogP) is 2.84. The fourth-order valence-corrected chi connectivity index (χ4v) is 4.14. The molecule has 0 saturated heterocycles. The molecule has 0 heterocycles. The van der Waals surface area contributed by atoms with Crippen LogP contribution in [0.25, 0.3) is 0 Å². The van der Waals surface area contributed by atoms with Crippen LogP contribution in [0, 0.1) is 0 Å². The fraction of sp³-hybridized carbons (Fsp3) is 1.00. The zero-order valence-corrected chi connectivity index (χ0v) is 11.8. The van der Waals surface area contributed by atoms with Gasteiger partial charge in [0.2, 0.25) is 0 Å². The minimum atomic E-state index is -0.626. The molecule has 96 valence electrons. The molecule has 0 bridgehead atoms. The average Bonchev–Trinajstić information content (AvgIpc) is 2.29. The van der Waals surface area contributed by atoms with Crippen LogP contribution in [0.5, 0.6) is 0 Å². The summed E-state index contributed by atoms with van der Waals surface area (Å²) in [6.45, 7) is 6.52. The van der Waals surface area contributed by atoms with E-state index >= 15 is 0 Å². The van der Waals surface area contributed by atoms with Crippen molar-refractivity contribution < 1.29 is 4.21 Å². The maximum Gasteiger partial charge on any atom is 0.0501 e. The quantitative estimate of drug-likeness (QED) is 0.779. The Bertz CT molecular complexity index is 220. The summed E-state index contributed by atoms with van der Waals surface area (Å²) in [5.41, 5.74) is 0. The van der Waals surface area contributed by atoms with Gasteiger partial charge in [-0.25, -0.2) is 0 Å². The zero-order chi connectivity index (χ0) is 12.0. The summed E-state index contributed by atoms with van der Waals surface area (Å²) >= 11 is 0. The molecule has 4 unspecified atom stereocenters. The van der Waals surface area contributed by atoms with Gasteiger partial charge in [-0.2, -0.15) is 0 Å². The Kier molecular flexibility index (Phi) is 6.59. The van der Waals surface area contributed by atoms with Crippen LogP contribution in [0.3, 0.4) is 0 Å². The van der Waals surface area contributed by atoms with E-state index in [2.05, 4.69) is 19.2 Å². The molecular formula is C13H27NOS. The highest BCUT2D eigenvalue weighted by Gasteiger charge is 2.29. The molecule has 2 nitrogen and oxygen atoms in total. The van der Waals surface area contributed by atoms with Crippen LogP contribution in [0.1, 0.15) is 59.3 Å². The SMILES string of the molecule is CCCC(C)NC1CCCCC1S(=O)CC. The maximum absolute atomic E-state index is 12.0. The third kappa shape index (κ3) is 4.17. The predicted molar refractivity (Wildman–Crippen MR) is 72.2 cm³/mol. The Morgan fingerprint density at radius 3 is 2.62 bits per heavy atom. The van der Waals surface area contributed by atoms with Crippen molar-refractivity contribution in [2.75, 3.05) is 5.75 Å². The van der Waals surface area contributed by atoms with Crippen molar-refractivity contribution in [2.45, 2.75) is 76.6 Å². The van der Waals surface area contributed by atoms with Gasteiger partial charge in [0, 0.05) is 28.6 Å². The van der Waals surface area contributed by atoms with Crippen molar-refractivity contribution in [3.8, 4) is 0 Å². The van der Waals surface area contributed by atoms with E-state index in [1.807, 2.05) is 6.92 Å². The van der Waals surface area contributed by atoms with Crippen molar-refractivity contribution >= 4 is 10.8 Å². The Morgan fingerprint density at radius 2 is 2.00 bits per heavy atom. The largest absolute Gasteiger partial charge is 0.310 e. The molecule has 0 aliphatic heterocycles. The van der Waals surface area contributed by atoms with Gasteiger partial charge < -0.3 is 5.32 Å².